The first-order valence-corrected chi connectivity index (χ1v) is 8.55. The fourth-order valence-corrected chi connectivity index (χ4v) is 0.944. The lowest BCUT2D eigenvalue weighted by molar-refractivity contribution is -0.161. The van der Waals surface area contributed by atoms with Crippen molar-refractivity contribution < 1.29 is 51.3 Å². The van der Waals surface area contributed by atoms with Crippen LogP contribution in [0.25, 0.3) is 0 Å². The summed E-state index contributed by atoms with van der Waals surface area (Å²) in [5.74, 6) is -2.80. The molecule has 0 atom stereocenters. The molecule has 0 rings (SSSR count). The number of rotatable bonds is 6. The smallest absolute Gasteiger partial charge is 0.422 e. The summed E-state index contributed by atoms with van der Waals surface area (Å²) in [6, 6.07) is 0. The Morgan fingerprint density at radius 1 is 0.793 bits per heavy atom. The first-order chi connectivity index (χ1) is 12.9. The maximum atomic E-state index is 12.5. The Kier molecular flexibility index (Phi) is 15.1. The second kappa shape index (κ2) is 13.9. The molecule has 0 aliphatic heterocycles. The summed E-state index contributed by atoms with van der Waals surface area (Å²) in [5.41, 5.74) is -4.68. The molecular weight excluding hydrogens is 404 g/mol. The van der Waals surface area contributed by atoms with Gasteiger partial charge in [-0.25, -0.2) is 18.8 Å². The normalized spacial score (nSPS) is 11.0. The van der Waals surface area contributed by atoms with Crippen molar-refractivity contribution in [3.05, 3.63) is 12.2 Å². The molecule has 0 aromatic heterocycles. The van der Waals surface area contributed by atoms with Gasteiger partial charge in [-0.3, -0.25) is 0 Å². The summed E-state index contributed by atoms with van der Waals surface area (Å²) >= 11 is 0. The lowest BCUT2D eigenvalue weighted by Crippen LogP contribution is -2.32. The molecule has 29 heavy (non-hydrogen) atoms. The number of halogens is 4. The lowest BCUT2D eigenvalue weighted by Gasteiger charge is -2.13. The zero-order valence-corrected chi connectivity index (χ0v) is 17.7. The Hall–Kier alpha value is -2.17. The van der Waals surface area contributed by atoms with Gasteiger partial charge in [0.05, 0.1) is 19.8 Å². The Morgan fingerprint density at radius 2 is 1.14 bits per heavy atom. The second-order valence-electron chi connectivity index (χ2n) is 6.17. The van der Waals surface area contributed by atoms with E-state index < -0.39 is 40.9 Å². The van der Waals surface area contributed by atoms with Crippen molar-refractivity contribution in [1.82, 2.24) is 0 Å². The van der Waals surface area contributed by atoms with Crippen molar-refractivity contribution in [3.8, 4) is 0 Å². The molecule has 0 bridgehead atoms. The van der Waals surface area contributed by atoms with Crippen molar-refractivity contribution in [1.29, 1.82) is 0 Å². The van der Waals surface area contributed by atoms with Gasteiger partial charge in [-0.05, 0) is 48.5 Å². The van der Waals surface area contributed by atoms with Crippen LogP contribution in [-0.4, -0.2) is 60.3 Å². The molecule has 0 amide bonds. The molecule has 0 fully saturated rings. The fraction of sp³-hybridized carbons (Fsp3) is 0.722. The minimum Gasteiger partial charge on any atom is -0.464 e. The van der Waals surface area contributed by atoms with E-state index in [4.69, 9.17) is 5.11 Å². The summed E-state index contributed by atoms with van der Waals surface area (Å²) in [6.07, 6.45) is -4.69. The van der Waals surface area contributed by atoms with E-state index >= 15 is 0 Å². The number of carbonyl (C=O) groups is 3. The van der Waals surface area contributed by atoms with E-state index in [0.717, 1.165) is 0 Å². The summed E-state index contributed by atoms with van der Waals surface area (Å²) in [6.45, 7) is 12.9. The summed E-state index contributed by atoms with van der Waals surface area (Å²) < 4.78 is 60.3. The predicted molar refractivity (Wildman–Crippen MR) is 96.6 cm³/mol. The number of hydrogen-bond acceptors (Lipinski definition) is 7. The van der Waals surface area contributed by atoms with E-state index in [-0.39, 0.29) is 13.2 Å². The summed E-state index contributed by atoms with van der Waals surface area (Å²) in [4.78, 5) is 31.4. The third-order valence-electron chi connectivity index (χ3n) is 2.40. The predicted octanol–water partition coefficient (Wildman–Crippen LogP) is 3.29. The van der Waals surface area contributed by atoms with E-state index in [0.29, 0.717) is 6.61 Å². The van der Waals surface area contributed by atoms with Gasteiger partial charge in [0.2, 0.25) is 5.67 Å². The maximum Gasteiger partial charge on any atom is 0.422 e. The summed E-state index contributed by atoms with van der Waals surface area (Å²) in [7, 11) is 0. The van der Waals surface area contributed by atoms with Gasteiger partial charge >= 0.3 is 24.1 Å². The lowest BCUT2D eigenvalue weighted by atomic mass is 10.1. The topological polar surface area (TPSA) is 99.1 Å². The highest BCUT2D eigenvalue weighted by atomic mass is 19.4. The van der Waals surface area contributed by atoms with Crippen molar-refractivity contribution >= 4 is 17.9 Å². The molecule has 1 N–H and O–H groups in total. The first-order valence-electron chi connectivity index (χ1n) is 8.55. The SMILES string of the molecule is C=C(C(=O)OCC)C(F)(F)F.CCOC(=O)C(C)(C)F.CCOC(=O)C(C)(C)O. The highest BCUT2D eigenvalue weighted by Gasteiger charge is 2.37. The Labute approximate surface area is 168 Å². The van der Waals surface area contributed by atoms with Crippen LogP contribution in [0.15, 0.2) is 12.2 Å². The van der Waals surface area contributed by atoms with E-state index in [9.17, 15) is 31.9 Å². The van der Waals surface area contributed by atoms with Crippen molar-refractivity contribution in [2.24, 2.45) is 0 Å². The van der Waals surface area contributed by atoms with Crippen LogP contribution < -0.4 is 0 Å². The van der Waals surface area contributed by atoms with Crippen LogP contribution in [-0.2, 0) is 28.6 Å². The van der Waals surface area contributed by atoms with E-state index in [1.54, 1.807) is 13.8 Å². The van der Waals surface area contributed by atoms with Crippen LogP contribution in [0.3, 0.4) is 0 Å². The van der Waals surface area contributed by atoms with Gasteiger partial charge in [0.15, 0.2) is 5.60 Å². The average Bonchev–Trinajstić information content (AvgIpc) is 2.53. The van der Waals surface area contributed by atoms with Gasteiger partial charge in [-0.1, -0.05) is 6.58 Å². The third kappa shape index (κ3) is 17.6. The van der Waals surface area contributed by atoms with Gasteiger partial charge in [0, 0.05) is 0 Å². The maximum absolute atomic E-state index is 12.5. The van der Waals surface area contributed by atoms with Crippen molar-refractivity contribution in [2.75, 3.05) is 19.8 Å². The Balaban J connectivity index is -0.000000352. The van der Waals surface area contributed by atoms with Crippen LogP contribution in [0.1, 0.15) is 48.5 Å². The van der Waals surface area contributed by atoms with Crippen LogP contribution >= 0.6 is 0 Å². The third-order valence-corrected chi connectivity index (χ3v) is 2.40. The standard InChI is InChI=1S/C6H7F3O2.C6H11FO2.C6H12O3/c1-3-11-5(10)4(2)6(7,8)9;1-4-9-5(8)6(2,3)7;1-4-9-5(7)6(2,3)8/h2-3H2,1H3;4H2,1-3H3;8H,4H2,1-3H3. The van der Waals surface area contributed by atoms with Crippen molar-refractivity contribution in [2.45, 2.75) is 65.9 Å². The van der Waals surface area contributed by atoms with Crippen LogP contribution in [0, 0.1) is 0 Å². The average molecular weight is 434 g/mol. The van der Waals surface area contributed by atoms with Gasteiger partial charge in [-0.2, -0.15) is 13.2 Å². The molecule has 0 aromatic rings. The highest BCUT2D eigenvalue weighted by Crippen LogP contribution is 2.24. The van der Waals surface area contributed by atoms with Crippen molar-refractivity contribution in [3.63, 3.8) is 0 Å². The summed E-state index contributed by atoms with van der Waals surface area (Å²) in [5, 5.41) is 8.94. The molecule has 0 radical (unpaired) electrons. The molecule has 7 nitrogen and oxygen atoms in total. The number of esters is 3. The Bertz CT molecular complexity index is 502. The van der Waals surface area contributed by atoms with Gasteiger partial charge in [-0.15, -0.1) is 0 Å². The second-order valence-corrected chi connectivity index (χ2v) is 6.17. The van der Waals surface area contributed by atoms with E-state index in [2.05, 4.69) is 20.8 Å². The molecule has 0 unspecified atom stereocenters. The molecule has 0 spiro atoms. The van der Waals surface area contributed by atoms with Crippen LogP contribution in [0.5, 0.6) is 0 Å². The number of aliphatic hydroxyl groups is 1. The number of carbonyl (C=O) groups excluding carboxylic acids is 3. The fourth-order valence-electron chi connectivity index (χ4n) is 0.944. The largest absolute Gasteiger partial charge is 0.464 e. The quantitative estimate of drug-likeness (QED) is 0.296. The number of hydrogen-bond donors (Lipinski definition) is 1. The highest BCUT2D eigenvalue weighted by molar-refractivity contribution is 5.89. The molecule has 0 aromatic carbocycles. The molecule has 0 aliphatic carbocycles. The first kappa shape index (κ1) is 31.5. The van der Waals surface area contributed by atoms with E-state index in [1.165, 1.54) is 34.6 Å². The molecule has 172 valence electrons. The molecular formula is C18H30F4O7. The zero-order chi connectivity index (χ0) is 24.1. The number of ether oxygens (including phenoxy) is 3. The molecule has 0 saturated carbocycles. The number of alkyl halides is 4. The molecule has 11 heteroatoms. The van der Waals surface area contributed by atoms with Gasteiger partial charge in [0.25, 0.3) is 0 Å². The molecule has 0 heterocycles. The zero-order valence-electron chi connectivity index (χ0n) is 17.7. The monoisotopic (exact) mass is 434 g/mol. The molecule has 0 aliphatic rings. The Morgan fingerprint density at radius 3 is 1.31 bits per heavy atom. The minimum absolute atomic E-state index is 0.0894. The van der Waals surface area contributed by atoms with Gasteiger partial charge in [0.1, 0.15) is 5.57 Å². The minimum atomic E-state index is -4.69. The van der Waals surface area contributed by atoms with Gasteiger partial charge < -0.3 is 19.3 Å². The van der Waals surface area contributed by atoms with E-state index in [1.807, 2.05) is 0 Å². The van der Waals surface area contributed by atoms with Crippen LogP contribution in [0.4, 0.5) is 17.6 Å². The molecule has 0 saturated heterocycles. The van der Waals surface area contributed by atoms with Crippen LogP contribution in [0.2, 0.25) is 0 Å².